The molecule has 0 aliphatic carbocycles. The van der Waals surface area contributed by atoms with Crippen LogP contribution < -0.4 is 5.32 Å². The standard InChI is InChI=1S/C12H13N3O2/c1-8-5-3-4-6-10(8)15-11(13-2)7-9(14-15)12(16)17/h3-7,13H,1-2H3,(H,16,17). The van der Waals surface area contributed by atoms with Gasteiger partial charge in [0.05, 0.1) is 5.69 Å². The Balaban J connectivity index is 2.59. The average Bonchev–Trinajstić information content (AvgIpc) is 2.73. The minimum absolute atomic E-state index is 0.0256. The second kappa shape index (κ2) is 4.29. The number of carboxylic acids is 1. The summed E-state index contributed by atoms with van der Waals surface area (Å²) in [7, 11) is 1.73. The summed E-state index contributed by atoms with van der Waals surface area (Å²) in [4.78, 5) is 10.9. The summed E-state index contributed by atoms with van der Waals surface area (Å²) in [5.74, 6) is -0.384. The van der Waals surface area contributed by atoms with Gasteiger partial charge in [0.1, 0.15) is 5.82 Å². The number of hydrogen-bond donors (Lipinski definition) is 2. The Bertz CT molecular complexity index is 561. The van der Waals surface area contributed by atoms with E-state index in [-0.39, 0.29) is 5.69 Å². The van der Waals surface area contributed by atoms with Gasteiger partial charge in [-0.2, -0.15) is 5.10 Å². The van der Waals surface area contributed by atoms with Gasteiger partial charge >= 0.3 is 5.97 Å². The largest absolute Gasteiger partial charge is 0.476 e. The number of aryl methyl sites for hydroxylation is 1. The fraction of sp³-hybridized carbons (Fsp3) is 0.167. The molecule has 0 atom stereocenters. The molecular weight excluding hydrogens is 218 g/mol. The Kier molecular flexibility index (Phi) is 2.82. The van der Waals surface area contributed by atoms with E-state index >= 15 is 0 Å². The fourth-order valence-electron chi connectivity index (χ4n) is 1.65. The van der Waals surface area contributed by atoms with Crippen LogP contribution in [0.5, 0.6) is 0 Å². The second-order valence-corrected chi connectivity index (χ2v) is 3.67. The molecule has 0 saturated carbocycles. The predicted octanol–water partition coefficient (Wildman–Crippen LogP) is 1.92. The first kappa shape index (κ1) is 11.2. The van der Waals surface area contributed by atoms with Gasteiger partial charge in [0.25, 0.3) is 0 Å². The Morgan fingerprint density at radius 3 is 2.71 bits per heavy atom. The van der Waals surface area contributed by atoms with Gasteiger partial charge in [-0.1, -0.05) is 18.2 Å². The summed E-state index contributed by atoms with van der Waals surface area (Å²) < 4.78 is 1.60. The van der Waals surface area contributed by atoms with Gasteiger partial charge in [-0.15, -0.1) is 0 Å². The Morgan fingerprint density at radius 2 is 2.12 bits per heavy atom. The Labute approximate surface area is 98.7 Å². The van der Waals surface area contributed by atoms with Crippen molar-refractivity contribution < 1.29 is 9.90 Å². The minimum atomic E-state index is -1.03. The van der Waals surface area contributed by atoms with Crippen LogP contribution in [-0.4, -0.2) is 27.9 Å². The van der Waals surface area contributed by atoms with E-state index in [2.05, 4.69) is 10.4 Å². The number of benzene rings is 1. The van der Waals surface area contributed by atoms with Crippen LogP contribution in [0.2, 0.25) is 0 Å². The highest BCUT2D eigenvalue weighted by Gasteiger charge is 2.14. The van der Waals surface area contributed by atoms with Gasteiger partial charge in [0, 0.05) is 13.1 Å². The molecule has 0 fully saturated rings. The minimum Gasteiger partial charge on any atom is -0.476 e. The van der Waals surface area contributed by atoms with E-state index in [1.165, 1.54) is 6.07 Å². The summed E-state index contributed by atoms with van der Waals surface area (Å²) >= 11 is 0. The van der Waals surface area contributed by atoms with Crippen LogP contribution in [0.3, 0.4) is 0 Å². The van der Waals surface area contributed by atoms with Crippen LogP contribution in [0.1, 0.15) is 16.1 Å². The average molecular weight is 231 g/mol. The number of anilines is 1. The zero-order chi connectivity index (χ0) is 12.4. The highest BCUT2D eigenvalue weighted by molar-refractivity contribution is 5.86. The van der Waals surface area contributed by atoms with E-state index in [9.17, 15) is 4.79 Å². The first-order chi connectivity index (χ1) is 8.13. The van der Waals surface area contributed by atoms with E-state index in [1.807, 2.05) is 31.2 Å². The van der Waals surface area contributed by atoms with E-state index < -0.39 is 5.97 Å². The van der Waals surface area contributed by atoms with Gasteiger partial charge in [-0.05, 0) is 18.6 Å². The normalized spacial score (nSPS) is 10.2. The van der Waals surface area contributed by atoms with Crippen molar-refractivity contribution in [1.82, 2.24) is 9.78 Å². The molecule has 88 valence electrons. The third-order valence-corrected chi connectivity index (χ3v) is 2.53. The fourth-order valence-corrected chi connectivity index (χ4v) is 1.65. The van der Waals surface area contributed by atoms with Crippen molar-refractivity contribution in [3.05, 3.63) is 41.6 Å². The number of carbonyl (C=O) groups is 1. The molecule has 17 heavy (non-hydrogen) atoms. The highest BCUT2D eigenvalue weighted by atomic mass is 16.4. The molecule has 2 N–H and O–H groups in total. The van der Waals surface area contributed by atoms with E-state index in [1.54, 1.807) is 11.7 Å². The lowest BCUT2D eigenvalue weighted by Crippen LogP contribution is -2.05. The number of para-hydroxylation sites is 1. The van der Waals surface area contributed by atoms with Gasteiger partial charge < -0.3 is 10.4 Å². The van der Waals surface area contributed by atoms with Crippen molar-refractivity contribution >= 4 is 11.8 Å². The summed E-state index contributed by atoms with van der Waals surface area (Å²) in [6.45, 7) is 1.96. The van der Waals surface area contributed by atoms with Crippen LogP contribution in [0.15, 0.2) is 30.3 Å². The lowest BCUT2D eigenvalue weighted by Gasteiger charge is -2.08. The van der Waals surface area contributed by atoms with Gasteiger partial charge in [-0.3, -0.25) is 0 Å². The molecule has 0 radical (unpaired) electrons. The van der Waals surface area contributed by atoms with Crippen molar-refractivity contribution in [2.45, 2.75) is 6.92 Å². The quantitative estimate of drug-likeness (QED) is 0.846. The van der Waals surface area contributed by atoms with E-state index in [0.717, 1.165) is 11.3 Å². The van der Waals surface area contributed by atoms with Crippen LogP contribution in [0.25, 0.3) is 5.69 Å². The molecule has 2 aromatic rings. The van der Waals surface area contributed by atoms with Crippen LogP contribution >= 0.6 is 0 Å². The Hall–Kier alpha value is -2.30. The van der Waals surface area contributed by atoms with Crippen LogP contribution in [0.4, 0.5) is 5.82 Å². The SMILES string of the molecule is CNc1cc(C(=O)O)nn1-c1ccccc1C. The van der Waals surface area contributed by atoms with E-state index in [0.29, 0.717) is 5.82 Å². The number of aromatic nitrogens is 2. The molecule has 0 aliphatic rings. The number of hydrogen-bond acceptors (Lipinski definition) is 3. The lowest BCUT2D eigenvalue weighted by atomic mass is 10.2. The molecule has 1 aromatic carbocycles. The summed E-state index contributed by atoms with van der Waals surface area (Å²) in [6.07, 6.45) is 0. The highest BCUT2D eigenvalue weighted by Crippen LogP contribution is 2.19. The summed E-state index contributed by atoms with van der Waals surface area (Å²) in [5.41, 5.74) is 1.92. The number of aromatic carboxylic acids is 1. The monoisotopic (exact) mass is 231 g/mol. The Morgan fingerprint density at radius 1 is 1.41 bits per heavy atom. The molecule has 5 nitrogen and oxygen atoms in total. The molecule has 2 rings (SSSR count). The maximum Gasteiger partial charge on any atom is 0.356 e. The van der Waals surface area contributed by atoms with Gasteiger partial charge in [0.15, 0.2) is 5.69 Å². The lowest BCUT2D eigenvalue weighted by molar-refractivity contribution is 0.0690. The summed E-state index contributed by atoms with van der Waals surface area (Å²) in [5, 5.41) is 15.9. The first-order valence-corrected chi connectivity index (χ1v) is 5.20. The first-order valence-electron chi connectivity index (χ1n) is 5.20. The molecule has 0 aliphatic heterocycles. The van der Waals surface area contributed by atoms with Crippen molar-refractivity contribution in [2.24, 2.45) is 0 Å². The van der Waals surface area contributed by atoms with Crippen molar-refractivity contribution in [3.8, 4) is 5.69 Å². The van der Waals surface area contributed by atoms with Crippen LogP contribution in [0, 0.1) is 6.92 Å². The van der Waals surface area contributed by atoms with Crippen molar-refractivity contribution in [1.29, 1.82) is 0 Å². The molecule has 1 aromatic heterocycles. The molecule has 5 heteroatoms. The smallest absolute Gasteiger partial charge is 0.356 e. The topological polar surface area (TPSA) is 67.2 Å². The number of nitrogens with zero attached hydrogens (tertiary/aromatic N) is 2. The third kappa shape index (κ3) is 1.99. The van der Waals surface area contributed by atoms with Crippen molar-refractivity contribution in [3.63, 3.8) is 0 Å². The predicted molar refractivity (Wildman–Crippen MR) is 64.8 cm³/mol. The second-order valence-electron chi connectivity index (χ2n) is 3.67. The van der Waals surface area contributed by atoms with Gasteiger partial charge in [0.2, 0.25) is 0 Å². The zero-order valence-corrected chi connectivity index (χ0v) is 9.64. The number of carboxylic acid groups (broad SMARTS) is 1. The van der Waals surface area contributed by atoms with E-state index in [4.69, 9.17) is 5.11 Å². The third-order valence-electron chi connectivity index (χ3n) is 2.53. The maximum absolute atomic E-state index is 10.9. The molecule has 0 amide bonds. The van der Waals surface area contributed by atoms with Crippen molar-refractivity contribution in [2.75, 3.05) is 12.4 Å². The summed E-state index contributed by atoms with van der Waals surface area (Å²) in [6, 6.07) is 9.18. The molecule has 0 unspecified atom stereocenters. The van der Waals surface area contributed by atoms with Crippen LogP contribution in [-0.2, 0) is 0 Å². The molecular formula is C12H13N3O2. The maximum atomic E-state index is 10.9. The molecule has 1 heterocycles. The molecule has 0 bridgehead atoms. The molecule has 0 spiro atoms. The van der Waals surface area contributed by atoms with Gasteiger partial charge in [-0.25, -0.2) is 9.48 Å². The zero-order valence-electron chi connectivity index (χ0n) is 9.64. The number of nitrogens with one attached hydrogen (secondary N) is 1. The molecule has 0 saturated heterocycles. The number of rotatable bonds is 3.